The molecule has 0 aliphatic rings. The maximum Gasteiger partial charge on any atom is 0.240 e. The second-order valence-electron chi connectivity index (χ2n) is 4.88. The third-order valence-corrected chi connectivity index (χ3v) is 5.30. The summed E-state index contributed by atoms with van der Waals surface area (Å²) in [4.78, 5) is -0.139. The molecular formula is C15H15Cl2FN2O2S. The molecule has 2 N–H and O–H groups in total. The molecule has 2 aromatic carbocycles. The third-order valence-electron chi connectivity index (χ3n) is 3.32. The molecule has 0 saturated carbocycles. The first kappa shape index (κ1) is 18.0. The normalized spacial score (nSPS) is 12.9. The number of nitrogens with one attached hydrogen (secondary N) is 2. The molecular weight excluding hydrogens is 362 g/mol. The summed E-state index contributed by atoms with van der Waals surface area (Å²) in [6, 6.07) is 8.42. The van der Waals surface area contributed by atoms with Gasteiger partial charge in [0.05, 0.1) is 16.6 Å². The van der Waals surface area contributed by atoms with Gasteiger partial charge in [0.1, 0.15) is 5.82 Å². The van der Waals surface area contributed by atoms with Crippen LogP contribution in [0.15, 0.2) is 41.3 Å². The Morgan fingerprint density at radius 2 is 1.83 bits per heavy atom. The van der Waals surface area contributed by atoms with E-state index in [0.717, 1.165) is 11.6 Å². The molecule has 124 valence electrons. The van der Waals surface area contributed by atoms with Gasteiger partial charge >= 0.3 is 0 Å². The van der Waals surface area contributed by atoms with Gasteiger partial charge in [-0.1, -0.05) is 29.3 Å². The molecule has 2 rings (SSSR count). The first-order valence-electron chi connectivity index (χ1n) is 6.69. The molecule has 0 spiro atoms. The van der Waals surface area contributed by atoms with Gasteiger partial charge < -0.3 is 5.32 Å². The summed E-state index contributed by atoms with van der Waals surface area (Å²) in [5.41, 5.74) is 0.931. The van der Waals surface area contributed by atoms with Gasteiger partial charge in [-0.25, -0.2) is 17.5 Å². The minimum absolute atomic E-state index is 0.139. The summed E-state index contributed by atoms with van der Waals surface area (Å²) >= 11 is 12.0. The zero-order valence-electron chi connectivity index (χ0n) is 12.4. The minimum Gasteiger partial charge on any atom is -0.376 e. The molecule has 0 radical (unpaired) electrons. The number of hydrogen-bond acceptors (Lipinski definition) is 3. The molecule has 4 nitrogen and oxygen atoms in total. The predicted molar refractivity (Wildman–Crippen MR) is 91.1 cm³/mol. The number of anilines is 1. The second-order valence-corrected chi connectivity index (χ2v) is 7.61. The summed E-state index contributed by atoms with van der Waals surface area (Å²) in [5.74, 6) is -0.668. The summed E-state index contributed by atoms with van der Waals surface area (Å²) in [5, 5.41) is 3.94. The molecule has 0 bridgehead atoms. The van der Waals surface area contributed by atoms with Gasteiger partial charge in [-0.15, -0.1) is 0 Å². The lowest BCUT2D eigenvalue weighted by Gasteiger charge is -2.18. The molecule has 0 amide bonds. The highest BCUT2D eigenvalue weighted by Crippen LogP contribution is 2.29. The number of benzene rings is 2. The Hall–Kier alpha value is -1.34. The third kappa shape index (κ3) is 4.14. The molecule has 0 aromatic heterocycles. The van der Waals surface area contributed by atoms with Gasteiger partial charge in [0, 0.05) is 10.0 Å². The van der Waals surface area contributed by atoms with Crippen LogP contribution in [0.2, 0.25) is 10.0 Å². The average Bonchev–Trinajstić information content (AvgIpc) is 2.49. The van der Waals surface area contributed by atoms with E-state index in [4.69, 9.17) is 23.2 Å². The SMILES string of the molecule is CNS(=O)(=O)c1ccc(N[C@@H](C)c2ccc(Cl)cc2Cl)c(F)c1. The molecule has 2 aromatic rings. The largest absolute Gasteiger partial charge is 0.376 e. The van der Waals surface area contributed by atoms with Crippen molar-refractivity contribution in [2.45, 2.75) is 17.9 Å². The van der Waals surface area contributed by atoms with Crippen LogP contribution >= 0.6 is 23.2 Å². The van der Waals surface area contributed by atoms with E-state index >= 15 is 0 Å². The van der Waals surface area contributed by atoms with Gasteiger partial charge in [-0.2, -0.15) is 0 Å². The van der Waals surface area contributed by atoms with Crippen molar-refractivity contribution in [1.82, 2.24) is 4.72 Å². The first-order valence-corrected chi connectivity index (χ1v) is 8.93. The van der Waals surface area contributed by atoms with Crippen molar-refractivity contribution in [3.8, 4) is 0 Å². The van der Waals surface area contributed by atoms with Crippen LogP contribution in [-0.4, -0.2) is 15.5 Å². The van der Waals surface area contributed by atoms with Crippen molar-refractivity contribution in [2.24, 2.45) is 0 Å². The molecule has 8 heteroatoms. The van der Waals surface area contributed by atoms with Crippen LogP contribution in [0.1, 0.15) is 18.5 Å². The summed E-state index contributed by atoms with van der Waals surface area (Å²) in [6.45, 7) is 1.81. The molecule has 0 heterocycles. The topological polar surface area (TPSA) is 58.2 Å². The monoisotopic (exact) mass is 376 g/mol. The molecule has 0 aliphatic carbocycles. The van der Waals surface area contributed by atoms with E-state index in [2.05, 4.69) is 10.0 Å². The van der Waals surface area contributed by atoms with Gasteiger partial charge in [-0.3, -0.25) is 0 Å². The predicted octanol–water partition coefficient (Wildman–Crippen LogP) is 4.21. The molecule has 23 heavy (non-hydrogen) atoms. The number of sulfonamides is 1. The van der Waals surface area contributed by atoms with Crippen molar-refractivity contribution in [3.63, 3.8) is 0 Å². The highest BCUT2D eigenvalue weighted by atomic mass is 35.5. The van der Waals surface area contributed by atoms with Crippen molar-refractivity contribution in [2.75, 3.05) is 12.4 Å². The van der Waals surface area contributed by atoms with E-state index in [1.54, 1.807) is 18.2 Å². The van der Waals surface area contributed by atoms with Crippen molar-refractivity contribution >= 4 is 38.9 Å². The summed E-state index contributed by atoms with van der Waals surface area (Å²) < 4.78 is 39.6. The fraction of sp³-hybridized carbons (Fsp3) is 0.200. The Morgan fingerprint density at radius 1 is 1.13 bits per heavy atom. The van der Waals surface area contributed by atoms with Crippen molar-refractivity contribution < 1.29 is 12.8 Å². The van der Waals surface area contributed by atoms with E-state index < -0.39 is 15.8 Å². The van der Waals surface area contributed by atoms with Crippen LogP contribution in [0, 0.1) is 5.82 Å². The lowest BCUT2D eigenvalue weighted by Crippen LogP contribution is -2.19. The highest BCUT2D eigenvalue weighted by molar-refractivity contribution is 7.89. The maximum absolute atomic E-state index is 14.1. The van der Waals surface area contributed by atoms with E-state index in [0.29, 0.717) is 10.0 Å². The van der Waals surface area contributed by atoms with Crippen LogP contribution in [0.3, 0.4) is 0 Å². The lowest BCUT2D eigenvalue weighted by molar-refractivity contribution is 0.584. The van der Waals surface area contributed by atoms with E-state index in [-0.39, 0.29) is 16.6 Å². The fourth-order valence-corrected chi connectivity index (χ4v) is 3.38. The van der Waals surface area contributed by atoms with Crippen LogP contribution in [0.4, 0.5) is 10.1 Å². The molecule has 0 fully saturated rings. The lowest BCUT2D eigenvalue weighted by atomic mass is 10.1. The quantitative estimate of drug-likeness (QED) is 0.821. The standard InChI is InChI=1S/C15H15Cl2FN2O2S/c1-9(12-5-3-10(16)7-13(12)17)20-15-6-4-11(8-14(15)18)23(21,22)19-2/h3-9,19-20H,1-2H3/t9-/m0/s1. The Kier molecular flexibility index (Phi) is 5.52. The van der Waals surface area contributed by atoms with E-state index in [9.17, 15) is 12.8 Å². The second kappa shape index (κ2) is 7.05. The van der Waals surface area contributed by atoms with Gasteiger partial charge in [0.15, 0.2) is 0 Å². The zero-order chi connectivity index (χ0) is 17.2. The van der Waals surface area contributed by atoms with Crippen LogP contribution < -0.4 is 10.0 Å². The Bertz CT molecular complexity index is 828. The highest BCUT2D eigenvalue weighted by Gasteiger charge is 2.16. The fourth-order valence-electron chi connectivity index (χ4n) is 2.06. The van der Waals surface area contributed by atoms with Gasteiger partial charge in [0.25, 0.3) is 0 Å². The van der Waals surface area contributed by atoms with Crippen molar-refractivity contribution in [1.29, 1.82) is 0 Å². The maximum atomic E-state index is 14.1. The number of rotatable bonds is 5. The minimum atomic E-state index is -3.68. The number of halogens is 3. The smallest absolute Gasteiger partial charge is 0.240 e. The van der Waals surface area contributed by atoms with Crippen LogP contribution in [0.25, 0.3) is 0 Å². The average molecular weight is 377 g/mol. The Morgan fingerprint density at radius 3 is 2.39 bits per heavy atom. The van der Waals surface area contributed by atoms with Crippen LogP contribution in [-0.2, 0) is 10.0 Å². The van der Waals surface area contributed by atoms with Crippen molar-refractivity contribution in [3.05, 3.63) is 57.8 Å². The Balaban J connectivity index is 2.26. The Labute approximate surface area is 144 Å². The zero-order valence-corrected chi connectivity index (χ0v) is 14.7. The van der Waals surface area contributed by atoms with Crippen LogP contribution in [0.5, 0.6) is 0 Å². The molecule has 0 saturated heterocycles. The summed E-state index contributed by atoms with van der Waals surface area (Å²) in [7, 11) is -2.42. The van der Waals surface area contributed by atoms with Gasteiger partial charge in [0.2, 0.25) is 10.0 Å². The van der Waals surface area contributed by atoms with Gasteiger partial charge in [-0.05, 0) is 49.9 Å². The number of hydrogen-bond donors (Lipinski definition) is 2. The molecule has 0 aliphatic heterocycles. The van der Waals surface area contributed by atoms with E-state index in [1.165, 1.54) is 19.2 Å². The summed E-state index contributed by atoms with van der Waals surface area (Å²) in [6.07, 6.45) is 0. The first-order chi connectivity index (χ1) is 10.7. The molecule has 0 unspecified atom stereocenters. The van der Waals surface area contributed by atoms with E-state index in [1.807, 2.05) is 6.92 Å². The molecule has 1 atom stereocenters.